The van der Waals surface area contributed by atoms with Gasteiger partial charge in [-0.15, -0.1) is 12.4 Å². The summed E-state index contributed by atoms with van der Waals surface area (Å²) in [7, 11) is 0. The highest BCUT2D eigenvalue weighted by Gasteiger charge is 2.22. The van der Waals surface area contributed by atoms with Crippen LogP contribution >= 0.6 is 12.4 Å². The van der Waals surface area contributed by atoms with Gasteiger partial charge in [0.2, 0.25) is 0 Å². The Kier molecular flexibility index (Phi) is 5.44. The van der Waals surface area contributed by atoms with Crippen LogP contribution in [0.25, 0.3) is 0 Å². The van der Waals surface area contributed by atoms with Crippen molar-refractivity contribution in [2.24, 2.45) is 0 Å². The van der Waals surface area contributed by atoms with E-state index in [4.69, 9.17) is 0 Å². The monoisotopic (exact) mass is 285 g/mol. The lowest BCUT2D eigenvalue weighted by Crippen LogP contribution is -2.46. The zero-order chi connectivity index (χ0) is 13.3. The van der Waals surface area contributed by atoms with Gasteiger partial charge in [-0.05, 0) is 33.8 Å². The van der Waals surface area contributed by atoms with Crippen LogP contribution < -0.4 is 5.32 Å². The van der Waals surface area contributed by atoms with Crippen molar-refractivity contribution in [2.45, 2.75) is 33.7 Å². The van der Waals surface area contributed by atoms with Crippen molar-refractivity contribution in [1.82, 2.24) is 14.8 Å². The maximum atomic E-state index is 12.5. The van der Waals surface area contributed by atoms with E-state index in [2.05, 4.69) is 30.7 Å². The van der Waals surface area contributed by atoms with Crippen LogP contribution in [0.3, 0.4) is 0 Å². The predicted molar refractivity (Wildman–Crippen MR) is 80.3 cm³/mol. The van der Waals surface area contributed by atoms with E-state index in [1.807, 2.05) is 17.9 Å². The largest absolute Gasteiger partial charge is 0.346 e. The van der Waals surface area contributed by atoms with Crippen LogP contribution in [0, 0.1) is 13.8 Å². The fourth-order valence-corrected chi connectivity index (χ4v) is 2.83. The van der Waals surface area contributed by atoms with Crippen molar-refractivity contribution in [1.29, 1.82) is 0 Å². The lowest BCUT2D eigenvalue weighted by Gasteiger charge is -2.27. The summed E-state index contributed by atoms with van der Waals surface area (Å²) in [6, 6.07) is 2.43. The van der Waals surface area contributed by atoms with E-state index in [1.54, 1.807) is 0 Å². The first kappa shape index (κ1) is 16.1. The highest BCUT2D eigenvalue weighted by Crippen LogP contribution is 2.21. The lowest BCUT2D eigenvalue weighted by atomic mass is 10.2. The van der Waals surface area contributed by atoms with Gasteiger partial charge in [-0.3, -0.25) is 4.79 Å². The van der Waals surface area contributed by atoms with Gasteiger partial charge in [0, 0.05) is 43.6 Å². The number of hydrogen-bond acceptors (Lipinski definition) is 2. The smallest absolute Gasteiger partial charge is 0.255 e. The molecule has 1 aliphatic rings. The summed E-state index contributed by atoms with van der Waals surface area (Å²) in [6.45, 7) is 11.8. The zero-order valence-corrected chi connectivity index (χ0v) is 13.0. The Morgan fingerprint density at radius 2 is 1.84 bits per heavy atom. The molecular weight excluding hydrogens is 262 g/mol. The molecule has 108 valence electrons. The second kappa shape index (κ2) is 6.44. The van der Waals surface area contributed by atoms with E-state index < -0.39 is 0 Å². The highest BCUT2D eigenvalue weighted by atomic mass is 35.5. The van der Waals surface area contributed by atoms with E-state index in [0.29, 0.717) is 6.04 Å². The Labute approximate surface area is 121 Å². The van der Waals surface area contributed by atoms with Crippen molar-refractivity contribution >= 4 is 18.3 Å². The summed E-state index contributed by atoms with van der Waals surface area (Å²) in [5.74, 6) is 0.177. The Bertz CT molecular complexity index is 448. The molecular formula is C14H24ClN3O. The fraction of sp³-hybridized carbons (Fsp3) is 0.643. The maximum absolute atomic E-state index is 12.5. The number of amides is 1. The number of piperazine rings is 1. The van der Waals surface area contributed by atoms with Gasteiger partial charge in [-0.1, -0.05) is 0 Å². The topological polar surface area (TPSA) is 37.3 Å². The molecule has 0 aliphatic carbocycles. The lowest BCUT2D eigenvalue weighted by molar-refractivity contribution is 0.0735. The SMILES string of the molecule is Cc1cc(C(=O)N2CCNCC2)c(C)n1C(C)C.Cl. The quantitative estimate of drug-likeness (QED) is 0.904. The molecule has 0 radical (unpaired) electrons. The van der Waals surface area contributed by atoms with Crippen LogP contribution in [0.1, 0.15) is 41.6 Å². The number of nitrogens with zero attached hydrogens (tertiary/aromatic N) is 2. The van der Waals surface area contributed by atoms with Gasteiger partial charge >= 0.3 is 0 Å². The van der Waals surface area contributed by atoms with Crippen molar-refractivity contribution in [3.63, 3.8) is 0 Å². The number of hydrogen-bond donors (Lipinski definition) is 1. The normalized spacial score (nSPS) is 15.5. The minimum atomic E-state index is 0. The van der Waals surface area contributed by atoms with Crippen LogP contribution in [0.2, 0.25) is 0 Å². The number of aryl methyl sites for hydroxylation is 1. The van der Waals surface area contributed by atoms with E-state index in [9.17, 15) is 4.79 Å². The number of carbonyl (C=O) groups excluding carboxylic acids is 1. The molecule has 0 spiro atoms. The average molecular weight is 286 g/mol. The van der Waals surface area contributed by atoms with Gasteiger partial charge in [0.15, 0.2) is 0 Å². The van der Waals surface area contributed by atoms with E-state index in [-0.39, 0.29) is 18.3 Å². The van der Waals surface area contributed by atoms with Crippen LogP contribution in [0.4, 0.5) is 0 Å². The molecule has 1 saturated heterocycles. The third kappa shape index (κ3) is 3.12. The van der Waals surface area contributed by atoms with Crippen LogP contribution in [-0.4, -0.2) is 41.6 Å². The Morgan fingerprint density at radius 1 is 1.26 bits per heavy atom. The first-order valence-corrected chi connectivity index (χ1v) is 6.70. The van der Waals surface area contributed by atoms with Gasteiger partial charge in [0.25, 0.3) is 5.91 Å². The molecule has 19 heavy (non-hydrogen) atoms. The fourth-order valence-electron chi connectivity index (χ4n) is 2.83. The predicted octanol–water partition coefficient (Wildman–Crippen LogP) is 2.15. The van der Waals surface area contributed by atoms with Gasteiger partial charge in [-0.2, -0.15) is 0 Å². The average Bonchev–Trinajstić information content (AvgIpc) is 2.65. The van der Waals surface area contributed by atoms with Gasteiger partial charge in [0.1, 0.15) is 0 Å². The van der Waals surface area contributed by atoms with Crippen molar-refractivity contribution in [3.8, 4) is 0 Å². The van der Waals surface area contributed by atoms with E-state index in [1.165, 1.54) is 5.69 Å². The van der Waals surface area contributed by atoms with Gasteiger partial charge < -0.3 is 14.8 Å². The molecule has 4 nitrogen and oxygen atoms in total. The molecule has 1 aromatic heterocycles. The Hall–Kier alpha value is -1.000. The molecule has 0 aromatic carbocycles. The standard InChI is InChI=1S/C14H23N3O.ClH/c1-10(2)17-11(3)9-13(12(17)4)14(18)16-7-5-15-6-8-16;/h9-10,15H,5-8H2,1-4H3;1H. The first-order valence-electron chi connectivity index (χ1n) is 6.70. The summed E-state index contributed by atoms with van der Waals surface area (Å²) in [5, 5.41) is 3.27. The second-order valence-corrected chi connectivity index (χ2v) is 5.29. The summed E-state index contributed by atoms with van der Waals surface area (Å²) < 4.78 is 2.23. The first-order chi connectivity index (χ1) is 8.52. The molecule has 1 N–H and O–H groups in total. The highest BCUT2D eigenvalue weighted by molar-refractivity contribution is 5.95. The number of aromatic nitrogens is 1. The minimum absolute atomic E-state index is 0. The van der Waals surface area contributed by atoms with Crippen molar-refractivity contribution in [2.75, 3.05) is 26.2 Å². The summed E-state index contributed by atoms with van der Waals surface area (Å²) in [6.07, 6.45) is 0. The van der Waals surface area contributed by atoms with Gasteiger partial charge in [-0.25, -0.2) is 0 Å². The molecule has 2 rings (SSSR count). The van der Waals surface area contributed by atoms with Gasteiger partial charge in [0.05, 0.1) is 5.56 Å². The number of carbonyl (C=O) groups is 1. The molecule has 5 heteroatoms. The van der Waals surface area contributed by atoms with Crippen LogP contribution in [0.15, 0.2) is 6.07 Å². The molecule has 0 atom stereocenters. The van der Waals surface area contributed by atoms with Crippen LogP contribution in [0.5, 0.6) is 0 Å². The van der Waals surface area contributed by atoms with E-state index in [0.717, 1.165) is 37.4 Å². The summed E-state index contributed by atoms with van der Waals surface area (Å²) >= 11 is 0. The van der Waals surface area contributed by atoms with Crippen molar-refractivity contribution < 1.29 is 4.79 Å². The zero-order valence-electron chi connectivity index (χ0n) is 12.2. The third-order valence-electron chi connectivity index (χ3n) is 3.64. The molecule has 2 heterocycles. The molecule has 0 bridgehead atoms. The molecule has 1 fully saturated rings. The molecule has 0 unspecified atom stereocenters. The summed E-state index contributed by atoms with van der Waals surface area (Å²) in [5.41, 5.74) is 3.12. The van der Waals surface area contributed by atoms with E-state index >= 15 is 0 Å². The molecule has 1 aromatic rings. The van der Waals surface area contributed by atoms with Crippen LogP contribution in [-0.2, 0) is 0 Å². The molecule has 0 saturated carbocycles. The number of halogens is 1. The molecule has 1 amide bonds. The molecule has 1 aliphatic heterocycles. The number of nitrogens with one attached hydrogen (secondary N) is 1. The van der Waals surface area contributed by atoms with Crippen molar-refractivity contribution in [3.05, 3.63) is 23.0 Å². The Balaban J connectivity index is 0.00000180. The summed E-state index contributed by atoms with van der Waals surface area (Å²) in [4.78, 5) is 14.4. The Morgan fingerprint density at radius 3 is 2.32 bits per heavy atom. The second-order valence-electron chi connectivity index (χ2n) is 5.29. The number of rotatable bonds is 2. The minimum Gasteiger partial charge on any atom is -0.346 e. The maximum Gasteiger partial charge on any atom is 0.255 e. The third-order valence-corrected chi connectivity index (χ3v) is 3.64.